The van der Waals surface area contributed by atoms with Crippen molar-refractivity contribution in [1.82, 2.24) is 10.2 Å². The Balaban J connectivity index is 1.90. The Bertz CT molecular complexity index is 1020. The molecular weight excluding hydrogens is 448 g/mol. The summed E-state index contributed by atoms with van der Waals surface area (Å²) < 4.78 is 21.9. The summed E-state index contributed by atoms with van der Waals surface area (Å²) in [5.41, 5.74) is 1.62. The van der Waals surface area contributed by atoms with Crippen molar-refractivity contribution in [2.45, 2.75) is 45.2 Å². The molecule has 8 heteroatoms. The third-order valence-electron chi connectivity index (χ3n) is 6.49. The van der Waals surface area contributed by atoms with Gasteiger partial charge in [0.05, 0.1) is 40.4 Å². The van der Waals surface area contributed by atoms with E-state index in [1.807, 2.05) is 29.2 Å². The maximum absolute atomic E-state index is 13.6. The SMILES string of the molecule is CCCCN1C(=O)CCC(C(=O)NCc2cc(OC)c(OC)cc2OC)C1c1ccccc1OC. The Hall–Kier alpha value is -3.42. The number of carbonyl (C=O) groups excluding carboxylic acids is 2. The number of likely N-dealkylation sites (tertiary alicyclic amines) is 1. The summed E-state index contributed by atoms with van der Waals surface area (Å²) in [5.74, 6) is 1.91. The van der Waals surface area contributed by atoms with Gasteiger partial charge in [-0.15, -0.1) is 0 Å². The van der Waals surface area contributed by atoms with Crippen molar-refractivity contribution >= 4 is 11.8 Å². The Morgan fingerprint density at radius 2 is 1.63 bits per heavy atom. The van der Waals surface area contributed by atoms with Gasteiger partial charge in [0.25, 0.3) is 0 Å². The number of hydrogen-bond acceptors (Lipinski definition) is 6. The lowest BCUT2D eigenvalue weighted by Gasteiger charge is -2.41. The molecule has 8 nitrogen and oxygen atoms in total. The maximum atomic E-state index is 13.6. The highest BCUT2D eigenvalue weighted by molar-refractivity contribution is 5.85. The fraction of sp³-hybridized carbons (Fsp3) is 0.481. The molecule has 3 rings (SSSR count). The second-order valence-electron chi connectivity index (χ2n) is 8.51. The number of benzene rings is 2. The van der Waals surface area contributed by atoms with Crippen molar-refractivity contribution in [1.29, 1.82) is 0 Å². The zero-order valence-electron chi connectivity index (χ0n) is 21.3. The molecule has 0 spiro atoms. The highest BCUT2D eigenvalue weighted by Crippen LogP contribution is 2.41. The third kappa shape index (κ3) is 5.81. The molecule has 1 aliphatic heterocycles. The Morgan fingerprint density at radius 1 is 0.971 bits per heavy atom. The first-order valence-corrected chi connectivity index (χ1v) is 12.0. The van der Waals surface area contributed by atoms with Crippen molar-refractivity contribution in [3.05, 3.63) is 47.5 Å². The number of hydrogen-bond donors (Lipinski definition) is 1. The van der Waals surface area contributed by atoms with E-state index in [9.17, 15) is 9.59 Å². The van der Waals surface area contributed by atoms with Crippen LogP contribution in [-0.2, 0) is 16.1 Å². The van der Waals surface area contributed by atoms with Gasteiger partial charge in [-0.1, -0.05) is 31.5 Å². The van der Waals surface area contributed by atoms with Gasteiger partial charge in [-0.05, 0) is 25.0 Å². The first-order valence-electron chi connectivity index (χ1n) is 12.0. The summed E-state index contributed by atoms with van der Waals surface area (Å²) in [6.45, 7) is 2.94. The van der Waals surface area contributed by atoms with E-state index in [0.717, 1.165) is 24.0 Å². The van der Waals surface area contributed by atoms with E-state index in [1.54, 1.807) is 40.6 Å². The lowest BCUT2D eigenvalue weighted by Crippen LogP contribution is -2.48. The fourth-order valence-corrected chi connectivity index (χ4v) is 4.66. The summed E-state index contributed by atoms with van der Waals surface area (Å²) in [6.07, 6.45) is 2.64. The van der Waals surface area contributed by atoms with Gasteiger partial charge < -0.3 is 29.2 Å². The van der Waals surface area contributed by atoms with Crippen LogP contribution in [0.4, 0.5) is 0 Å². The molecule has 2 unspecified atom stereocenters. The standard InChI is InChI=1S/C27H36N2O6/c1-6-7-14-29-25(30)13-12-20(26(29)19-10-8-9-11-21(19)32-2)27(31)28-17-18-15-23(34-4)24(35-5)16-22(18)33-3/h8-11,15-16,20,26H,6-7,12-14,17H2,1-5H3,(H,28,31). The quantitative estimate of drug-likeness (QED) is 0.516. The molecule has 2 atom stereocenters. The largest absolute Gasteiger partial charge is 0.496 e. The molecule has 1 fully saturated rings. The smallest absolute Gasteiger partial charge is 0.225 e. The van der Waals surface area contributed by atoms with Gasteiger partial charge in [-0.2, -0.15) is 0 Å². The third-order valence-corrected chi connectivity index (χ3v) is 6.49. The van der Waals surface area contributed by atoms with Gasteiger partial charge in [-0.25, -0.2) is 0 Å². The molecule has 1 saturated heterocycles. The van der Waals surface area contributed by atoms with E-state index in [4.69, 9.17) is 18.9 Å². The van der Waals surface area contributed by atoms with E-state index in [-0.39, 0.29) is 18.4 Å². The number of nitrogens with one attached hydrogen (secondary N) is 1. The Kier molecular flexibility index (Phi) is 9.23. The summed E-state index contributed by atoms with van der Waals surface area (Å²) in [5, 5.41) is 3.07. The number of para-hydroxylation sites is 1. The molecule has 35 heavy (non-hydrogen) atoms. The molecule has 2 aromatic rings. The van der Waals surface area contributed by atoms with Crippen molar-refractivity contribution < 1.29 is 28.5 Å². The first kappa shape index (κ1) is 26.2. The molecule has 0 bridgehead atoms. The molecule has 1 N–H and O–H groups in total. The first-order chi connectivity index (χ1) is 17.0. The number of methoxy groups -OCH3 is 4. The van der Waals surface area contributed by atoms with E-state index >= 15 is 0 Å². The van der Waals surface area contributed by atoms with Crippen molar-refractivity contribution in [2.75, 3.05) is 35.0 Å². The van der Waals surface area contributed by atoms with Gasteiger partial charge in [0.1, 0.15) is 11.5 Å². The minimum Gasteiger partial charge on any atom is -0.496 e. The van der Waals surface area contributed by atoms with Crippen LogP contribution in [0.5, 0.6) is 23.0 Å². The lowest BCUT2D eigenvalue weighted by atomic mass is 9.83. The second-order valence-corrected chi connectivity index (χ2v) is 8.51. The zero-order chi connectivity index (χ0) is 25.4. The molecule has 2 aromatic carbocycles. The van der Waals surface area contributed by atoms with Crippen LogP contribution in [0, 0.1) is 5.92 Å². The van der Waals surface area contributed by atoms with E-state index < -0.39 is 12.0 Å². The highest BCUT2D eigenvalue weighted by Gasteiger charge is 2.41. The second kappa shape index (κ2) is 12.3. The van der Waals surface area contributed by atoms with Gasteiger partial charge in [-0.3, -0.25) is 9.59 Å². The van der Waals surface area contributed by atoms with Crippen molar-refractivity contribution in [2.24, 2.45) is 5.92 Å². The van der Waals surface area contributed by atoms with Gasteiger partial charge in [0.2, 0.25) is 11.8 Å². The van der Waals surface area contributed by atoms with Crippen LogP contribution < -0.4 is 24.3 Å². The van der Waals surface area contributed by atoms with Crippen LogP contribution in [0.3, 0.4) is 0 Å². The number of nitrogens with zero attached hydrogens (tertiary/aromatic N) is 1. The summed E-state index contributed by atoms with van der Waals surface area (Å²) in [7, 11) is 6.31. The number of rotatable bonds is 11. The monoisotopic (exact) mass is 484 g/mol. The topological polar surface area (TPSA) is 86.3 Å². The molecular formula is C27H36N2O6. The molecule has 1 heterocycles. The van der Waals surface area contributed by atoms with E-state index in [2.05, 4.69) is 12.2 Å². The summed E-state index contributed by atoms with van der Waals surface area (Å²) in [4.78, 5) is 28.4. The Labute approximate surface area is 207 Å². The normalized spacial score (nSPS) is 17.6. The van der Waals surface area contributed by atoms with Crippen LogP contribution in [0.2, 0.25) is 0 Å². The van der Waals surface area contributed by atoms with Crippen LogP contribution in [-0.4, -0.2) is 51.7 Å². The van der Waals surface area contributed by atoms with Gasteiger partial charge >= 0.3 is 0 Å². The predicted octanol–water partition coefficient (Wildman–Crippen LogP) is 4.12. The molecule has 1 aliphatic rings. The molecule has 0 aliphatic carbocycles. The predicted molar refractivity (Wildman–Crippen MR) is 133 cm³/mol. The molecule has 0 radical (unpaired) electrons. The average molecular weight is 485 g/mol. The number of carbonyl (C=O) groups is 2. The average Bonchev–Trinajstić information content (AvgIpc) is 2.90. The number of ether oxygens (including phenoxy) is 4. The van der Waals surface area contributed by atoms with Gasteiger partial charge in [0, 0.05) is 36.7 Å². The molecule has 2 amide bonds. The molecule has 0 saturated carbocycles. The minimum atomic E-state index is -0.410. The highest BCUT2D eigenvalue weighted by atomic mass is 16.5. The number of unbranched alkanes of at least 4 members (excludes halogenated alkanes) is 1. The van der Waals surface area contributed by atoms with Gasteiger partial charge in [0.15, 0.2) is 11.5 Å². The minimum absolute atomic E-state index is 0.0694. The fourth-order valence-electron chi connectivity index (χ4n) is 4.66. The molecule has 0 aromatic heterocycles. The van der Waals surface area contributed by atoms with E-state index in [0.29, 0.717) is 42.4 Å². The van der Waals surface area contributed by atoms with Crippen molar-refractivity contribution in [3.63, 3.8) is 0 Å². The zero-order valence-corrected chi connectivity index (χ0v) is 21.3. The summed E-state index contributed by atoms with van der Waals surface area (Å²) >= 11 is 0. The lowest BCUT2D eigenvalue weighted by molar-refractivity contribution is -0.143. The Morgan fingerprint density at radius 3 is 2.29 bits per heavy atom. The number of piperidine rings is 1. The van der Waals surface area contributed by atoms with Crippen LogP contribution >= 0.6 is 0 Å². The summed E-state index contributed by atoms with van der Waals surface area (Å²) in [6, 6.07) is 10.8. The van der Waals surface area contributed by atoms with Crippen LogP contribution in [0.25, 0.3) is 0 Å². The maximum Gasteiger partial charge on any atom is 0.225 e. The van der Waals surface area contributed by atoms with E-state index in [1.165, 1.54) is 0 Å². The van der Waals surface area contributed by atoms with Crippen molar-refractivity contribution in [3.8, 4) is 23.0 Å². The number of amides is 2. The molecule has 190 valence electrons. The van der Waals surface area contributed by atoms with Crippen LogP contribution in [0.15, 0.2) is 36.4 Å². The van der Waals surface area contributed by atoms with Crippen LogP contribution in [0.1, 0.15) is 49.8 Å².